The molecule has 0 radical (unpaired) electrons. The van der Waals surface area contributed by atoms with Crippen LogP contribution in [0.5, 0.6) is 0 Å². The van der Waals surface area contributed by atoms with Gasteiger partial charge in [-0.2, -0.15) is 13.2 Å². The highest BCUT2D eigenvalue weighted by atomic mass is 32.1. The van der Waals surface area contributed by atoms with Gasteiger partial charge in [-0.3, -0.25) is 0 Å². The van der Waals surface area contributed by atoms with Gasteiger partial charge in [0.05, 0.1) is 6.04 Å². The van der Waals surface area contributed by atoms with Crippen LogP contribution in [0.4, 0.5) is 19.0 Å². The van der Waals surface area contributed by atoms with Crippen molar-refractivity contribution in [3.05, 3.63) is 33.2 Å². The number of rotatable bonds is 4. The van der Waals surface area contributed by atoms with E-state index in [-0.39, 0.29) is 6.04 Å². The van der Waals surface area contributed by atoms with Crippen molar-refractivity contribution in [1.29, 1.82) is 0 Å². The summed E-state index contributed by atoms with van der Waals surface area (Å²) in [5.41, 5.74) is 1.32. The lowest BCUT2D eigenvalue weighted by atomic mass is 9.96. The van der Waals surface area contributed by atoms with E-state index < -0.39 is 11.9 Å². The Balaban J connectivity index is 1.88. The third-order valence-electron chi connectivity index (χ3n) is 4.12. The van der Waals surface area contributed by atoms with Gasteiger partial charge < -0.3 is 5.32 Å². The topological polar surface area (TPSA) is 50.7 Å². The van der Waals surface area contributed by atoms with Crippen LogP contribution in [0.25, 0.3) is 0 Å². The average molecular weight is 356 g/mol. The molecule has 0 aromatic carbocycles. The molecule has 3 rings (SSSR count). The SMILES string of the molecule is CCC(Nc1nc(C)nc2c1CCCC2)c1nc(C(F)(F)F)cs1. The average Bonchev–Trinajstić information content (AvgIpc) is 3.02. The maximum atomic E-state index is 12.8. The fourth-order valence-electron chi connectivity index (χ4n) is 2.92. The highest BCUT2D eigenvalue weighted by molar-refractivity contribution is 7.09. The molecule has 1 aliphatic rings. The Hall–Kier alpha value is -1.70. The van der Waals surface area contributed by atoms with Gasteiger partial charge in [0.1, 0.15) is 16.6 Å². The summed E-state index contributed by atoms with van der Waals surface area (Å²) in [4.78, 5) is 12.8. The molecule has 4 nitrogen and oxygen atoms in total. The number of aromatic nitrogens is 3. The van der Waals surface area contributed by atoms with E-state index in [0.717, 1.165) is 59.5 Å². The van der Waals surface area contributed by atoms with E-state index in [1.807, 2.05) is 13.8 Å². The first-order valence-electron chi connectivity index (χ1n) is 8.04. The molecule has 0 aliphatic heterocycles. The zero-order valence-electron chi connectivity index (χ0n) is 13.6. The van der Waals surface area contributed by atoms with Crippen LogP contribution in [0.3, 0.4) is 0 Å². The van der Waals surface area contributed by atoms with Crippen molar-refractivity contribution in [1.82, 2.24) is 15.0 Å². The van der Waals surface area contributed by atoms with Gasteiger partial charge in [0.2, 0.25) is 0 Å². The van der Waals surface area contributed by atoms with Gasteiger partial charge in [-0.1, -0.05) is 6.92 Å². The summed E-state index contributed by atoms with van der Waals surface area (Å²) >= 11 is 1.03. The summed E-state index contributed by atoms with van der Waals surface area (Å²) in [5, 5.41) is 4.81. The Morgan fingerprint density at radius 1 is 1.21 bits per heavy atom. The summed E-state index contributed by atoms with van der Waals surface area (Å²) in [7, 11) is 0. The third kappa shape index (κ3) is 3.53. The highest BCUT2D eigenvalue weighted by Crippen LogP contribution is 2.34. The normalized spacial score (nSPS) is 15.9. The van der Waals surface area contributed by atoms with Crippen molar-refractivity contribution in [2.75, 3.05) is 5.32 Å². The molecule has 0 amide bonds. The van der Waals surface area contributed by atoms with Crippen molar-refractivity contribution in [3.63, 3.8) is 0 Å². The second kappa shape index (κ2) is 6.66. The van der Waals surface area contributed by atoms with Crippen LogP contribution in [0.15, 0.2) is 5.38 Å². The summed E-state index contributed by atoms with van der Waals surface area (Å²) in [5.74, 6) is 1.43. The number of aryl methyl sites for hydroxylation is 2. The highest BCUT2D eigenvalue weighted by Gasteiger charge is 2.34. The molecule has 2 heterocycles. The number of hydrogen-bond donors (Lipinski definition) is 1. The molecule has 2 aromatic rings. The first-order chi connectivity index (χ1) is 11.4. The van der Waals surface area contributed by atoms with Gasteiger partial charge in [-0.05, 0) is 39.0 Å². The lowest BCUT2D eigenvalue weighted by Gasteiger charge is -2.22. The van der Waals surface area contributed by atoms with Gasteiger partial charge >= 0.3 is 6.18 Å². The Kier molecular flexibility index (Phi) is 4.76. The van der Waals surface area contributed by atoms with Crippen LogP contribution in [0.2, 0.25) is 0 Å². The van der Waals surface area contributed by atoms with Crippen LogP contribution < -0.4 is 5.32 Å². The monoisotopic (exact) mass is 356 g/mol. The van der Waals surface area contributed by atoms with Crippen molar-refractivity contribution in [3.8, 4) is 0 Å². The zero-order valence-corrected chi connectivity index (χ0v) is 14.4. The third-order valence-corrected chi connectivity index (χ3v) is 5.08. The number of fused-ring (bicyclic) bond motifs is 1. The second-order valence-corrected chi connectivity index (χ2v) is 6.82. The summed E-state index contributed by atoms with van der Waals surface area (Å²) in [6, 6.07) is -0.286. The van der Waals surface area contributed by atoms with E-state index in [0.29, 0.717) is 17.3 Å². The minimum absolute atomic E-state index is 0.286. The van der Waals surface area contributed by atoms with Gasteiger partial charge in [0.25, 0.3) is 0 Å². The minimum atomic E-state index is -4.41. The first-order valence-corrected chi connectivity index (χ1v) is 8.92. The number of halogens is 3. The number of nitrogens with zero attached hydrogens (tertiary/aromatic N) is 3. The molecule has 1 atom stereocenters. The minimum Gasteiger partial charge on any atom is -0.360 e. The van der Waals surface area contributed by atoms with E-state index in [1.165, 1.54) is 0 Å². The summed E-state index contributed by atoms with van der Waals surface area (Å²) in [6.45, 7) is 3.76. The van der Waals surface area contributed by atoms with Crippen molar-refractivity contribution >= 4 is 17.2 Å². The molecule has 0 saturated carbocycles. The molecular weight excluding hydrogens is 337 g/mol. The van der Waals surface area contributed by atoms with Crippen LogP contribution >= 0.6 is 11.3 Å². The predicted molar refractivity (Wildman–Crippen MR) is 87.2 cm³/mol. The summed E-state index contributed by atoms with van der Waals surface area (Å²) in [6.07, 6.45) is 0.252. The molecule has 0 saturated heterocycles. The van der Waals surface area contributed by atoms with Crippen molar-refractivity contribution in [2.24, 2.45) is 0 Å². The fraction of sp³-hybridized carbons (Fsp3) is 0.562. The zero-order chi connectivity index (χ0) is 17.3. The first kappa shape index (κ1) is 17.1. The number of anilines is 1. The Morgan fingerprint density at radius 2 is 1.96 bits per heavy atom. The number of alkyl halides is 3. The van der Waals surface area contributed by atoms with E-state index in [2.05, 4.69) is 20.3 Å². The Labute approximate surface area is 142 Å². The molecule has 130 valence electrons. The van der Waals surface area contributed by atoms with E-state index in [4.69, 9.17) is 0 Å². The molecule has 24 heavy (non-hydrogen) atoms. The fourth-order valence-corrected chi connectivity index (χ4v) is 3.88. The van der Waals surface area contributed by atoms with Crippen molar-refractivity contribution < 1.29 is 13.2 Å². The largest absolute Gasteiger partial charge is 0.434 e. The molecule has 1 N–H and O–H groups in total. The molecular formula is C16H19F3N4S. The van der Waals surface area contributed by atoms with E-state index in [9.17, 15) is 13.2 Å². The summed E-state index contributed by atoms with van der Waals surface area (Å²) < 4.78 is 38.3. The molecule has 1 aliphatic carbocycles. The van der Waals surface area contributed by atoms with Crippen LogP contribution in [0.1, 0.15) is 60.0 Å². The maximum absolute atomic E-state index is 12.8. The Bertz CT molecular complexity index is 727. The van der Waals surface area contributed by atoms with Crippen LogP contribution in [0, 0.1) is 6.92 Å². The molecule has 0 spiro atoms. The van der Waals surface area contributed by atoms with E-state index in [1.54, 1.807) is 0 Å². The predicted octanol–water partition coefficient (Wildman–Crippen LogP) is 4.70. The maximum Gasteiger partial charge on any atom is 0.434 e. The lowest BCUT2D eigenvalue weighted by molar-refractivity contribution is -0.140. The quantitative estimate of drug-likeness (QED) is 0.862. The Morgan fingerprint density at radius 3 is 2.62 bits per heavy atom. The van der Waals surface area contributed by atoms with Gasteiger partial charge in [-0.15, -0.1) is 11.3 Å². The second-order valence-electron chi connectivity index (χ2n) is 5.93. The molecule has 8 heteroatoms. The van der Waals surface area contributed by atoms with Gasteiger partial charge in [0.15, 0.2) is 5.69 Å². The molecule has 0 fully saturated rings. The number of thiazole rings is 1. The van der Waals surface area contributed by atoms with E-state index >= 15 is 0 Å². The lowest BCUT2D eigenvalue weighted by Crippen LogP contribution is -2.17. The standard InChI is InChI=1S/C16H19F3N4S/c1-3-11(15-23-13(8-24-15)16(17,18)19)22-14-10-6-4-5-7-12(10)20-9(2)21-14/h8,11H,3-7H2,1-2H3,(H,20,21,22). The molecule has 1 unspecified atom stereocenters. The van der Waals surface area contributed by atoms with Gasteiger partial charge in [-0.25, -0.2) is 15.0 Å². The number of nitrogens with one attached hydrogen (secondary N) is 1. The van der Waals surface area contributed by atoms with Gasteiger partial charge in [0, 0.05) is 16.6 Å². The smallest absolute Gasteiger partial charge is 0.360 e. The molecule has 2 aromatic heterocycles. The molecule has 0 bridgehead atoms. The number of hydrogen-bond acceptors (Lipinski definition) is 5. The van der Waals surface area contributed by atoms with Crippen LogP contribution in [-0.4, -0.2) is 15.0 Å². The van der Waals surface area contributed by atoms with Crippen molar-refractivity contribution in [2.45, 2.75) is 58.2 Å². The van der Waals surface area contributed by atoms with Crippen LogP contribution in [-0.2, 0) is 19.0 Å².